The standard InChI is InChI=1S/C20H29N3O4/c1-4-27-13-10-20(21,19(13,2)3)18(26)22-7-8-23-16(24)14-11-5-6-12(9-11)15(14)17(23)25/h5-6,11-15H,4,7-10,21H2,1-3H3,(H,22,26). The van der Waals surface area contributed by atoms with Crippen molar-refractivity contribution in [1.82, 2.24) is 10.2 Å². The van der Waals surface area contributed by atoms with Gasteiger partial charge >= 0.3 is 0 Å². The Hall–Kier alpha value is -1.73. The minimum atomic E-state index is -0.995. The molecule has 3 fully saturated rings. The van der Waals surface area contributed by atoms with Gasteiger partial charge in [-0.3, -0.25) is 19.3 Å². The lowest BCUT2D eigenvalue weighted by Gasteiger charge is -2.57. The molecular weight excluding hydrogens is 346 g/mol. The first-order valence-electron chi connectivity index (χ1n) is 9.94. The number of allylic oxidation sites excluding steroid dienone is 2. The predicted molar refractivity (Wildman–Crippen MR) is 98.2 cm³/mol. The van der Waals surface area contributed by atoms with E-state index >= 15 is 0 Å². The third-order valence-corrected chi connectivity index (χ3v) is 7.42. The number of hydrogen-bond acceptors (Lipinski definition) is 5. The van der Waals surface area contributed by atoms with Crippen LogP contribution >= 0.6 is 0 Å². The van der Waals surface area contributed by atoms with Crippen molar-refractivity contribution in [3.05, 3.63) is 12.2 Å². The largest absolute Gasteiger partial charge is 0.378 e. The van der Waals surface area contributed by atoms with Gasteiger partial charge in [0.2, 0.25) is 17.7 Å². The molecule has 7 heteroatoms. The summed E-state index contributed by atoms with van der Waals surface area (Å²) in [7, 11) is 0. The molecule has 2 bridgehead atoms. The van der Waals surface area contributed by atoms with Gasteiger partial charge in [-0.2, -0.15) is 0 Å². The van der Waals surface area contributed by atoms with Crippen LogP contribution in [-0.2, 0) is 19.1 Å². The van der Waals surface area contributed by atoms with Crippen LogP contribution in [0.1, 0.15) is 33.6 Å². The molecule has 1 heterocycles. The lowest BCUT2D eigenvalue weighted by atomic mass is 9.54. The van der Waals surface area contributed by atoms with Crippen LogP contribution in [0.15, 0.2) is 12.2 Å². The maximum atomic E-state index is 12.7. The number of carbonyl (C=O) groups excluding carboxylic acids is 3. The number of carbonyl (C=O) groups is 3. The molecule has 2 saturated carbocycles. The third-order valence-electron chi connectivity index (χ3n) is 7.42. The van der Waals surface area contributed by atoms with E-state index in [1.54, 1.807) is 0 Å². The van der Waals surface area contributed by atoms with E-state index < -0.39 is 11.0 Å². The van der Waals surface area contributed by atoms with E-state index in [9.17, 15) is 14.4 Å². The van der Waals surface area contributed by atoms with Crippen LogP contribution < -0.4 is 11.1 Å². The summed E-state index contributed by atoms with van der Waals surface area (Å²) in [4.78, 5) is 39.3. The Kier molecular flexibility index (Phi) is 4.23. The molecule has 0 aromatic carbocycles. The summed E-state index contributed by atoms with van der Waals surface area (Å²) in [5, 5.41) is 2.83. The van der Waals surface area contributed by atoms with Crippen LogP contribution in [-0.4, -0.2) is 54.0 Å². The second kappa shape index (κ2) is 6.14. The summed E-state index contributed by atoms with van der Waals surface area (Å²) in [6.45, 7) is 6.83. The zero-order chi connectivity index (χ0) is 19.6. The summed E-state index contributed by atoms with van der Waals surface area (Å²) >= 11 is 0. The minimum absolute atomic E-state index is 0.0395. The quantitative estimate of drug-likeness (QED) is 0.518. The number of likely N-dealkylation sites (tertiary alicyclic amines) is 1. The van der Waals surface area contributed by atoms with Crippen molar-refractivity contribution in [3.63, 3.8) is 0 Å². The molecule has 4 aliphatic rings. The Balaban J connectivity index is 1.33. The van der Waals surface area contributed by atoms with Crippen molar-refractivity contribution in [2.45, 2.75) is 45.3 Å². The first-order chi connectivity index (χ1) is 12.7. The van der Waals surface area contributed by atoms with E-state index in [2.05, 4.69) is 17.5 Å². The highest BCUT2D eigenvalue weighted by Gasteiger charge is 2.63. The number of rotatable bonds is 6. The molecule has 0 aromatic heterocycles. The summed E-state index contributed by atoms with van der Waals surface area (Å²) in [6.07, 6.45) is 5.51. The predicted octanol–water partition coefficient (Wildman–Crippen LogP) is 0.442. The number of nitrogens with one attached hydrogen (secondary N) is 1. The second-order valence-corrected chi connectivity index (χ2v) is 8.93. The molecule has 3 aliphatic carbocycles. The summed E-state index contributed by atoms with van der Waals surface area (Å²) in [5.41, 5.74) is 4.91. The van der Waals surface area contributed by atoms with Crippen molar-refractivity contribution in [1.29, 1.82) is 0 Å². The Bertz CT molecular complexity index is 688. The number of nitrogens with two attached hydrogens (primary N) is 1. The number of fused-ring (bicyclic) bond motifs is 5. The molecular formula is C20H29N3O4. The Morgan fingerprint density at radius 1 is 1.26 bits per heavy atom. The Labute approximate surface area is 159 Å². The lowest BCUT2D eigenvalue weighted by Crippen LogP contribution is -2.76. The zero-order valence-electron chi connectivity index (χ0n) is 16.2. The number of hydrogen-bond donors (Lipinski definition) is 2. The maximum Gasteiger partial charge on any atom is 0.240 e. The Morgan fingerprint density at radius 2 is 1.85 bits per heavy atom. The van der Waals surface area contributed by atoms with Gasteiger partial charge in [0.05, 0.1) is 17.9 Å². The summed E-state index contributed by atoms with van der Waals surface area (Å²) in [6, 6.07) is 0. The van der Waals surface area contributed by atoms with E-state index in [0.29, 0.717) is 13.0 Å². The average Bonchev–Trinajstić information content (AvgIpc) is 3.30. The highest BCUT2D eigenvalue weighted by molar-refractivity contribution is 6.06. The molecule has 7 nitrogen and oxygen atoms in total. The number of amides is 3. The van der Waals surface area contributed by atoms with Crippen LogP contribution in [0.25, 0.3) is 0 Å². The van der Waals surface area contributed by atoms with Gasteiger partial charge in [-0.15, -0.1) is 0 Å². The molecule has 3 amide bonds. The number of ether oxygens (including phenoxy) is 1. The molecule has 0 aromatic rings. The molecule has 1 aliphatic heterocycles. The van der Waals surface area contributed by atoms with E-state index in [1.807, 2.05) is 20.8 Å². The third kappa shape index (κ3) is 2.44. The van der Waals surface area contributed by atoms with Crippen LogP contribution in [0, 0.1) is 29.1 Å². The van der Waals surface area contributed by atoms with E-state index in [-0.39, 0.29) is 60.6 Å². The van der Waals surface area contributed by atoms with Crippen molar-refractivity contribution >= 4 is 17.7 Å². The van der Waals surface area contributed by atoms with Gasteiger partial charge in [-0.05, 0) is 25.2 Å². The summed E-state index contributed by atoms with van der Waals surface area (Å²) < 4.78 is 5.66. The number of nitrogens with zero attached hydrogens (tertiary/aromatic N) is 1. The molecule has 148 valence electrons. The summed E-state index contributed by atoms with van der Waals surface area (Å²) in [5.74, 6) is -0.394. The van der Waals surface area contributed by atoms with Gasteiger partial charge in [0, 0.05) is 31.5 Å². The van der Waals surface area contributed by atoms with E-state index in [0.717, 1.165) is 6.42 Å². The van der Waals surface area contributed by atoms with Crippen molar-refractivity contribution in [2.24, 2.45) is 34.8 Å². The van der Waals surface area contributed by atoms with Crippen LogP contribution in [0.3, 0.4) is 0 Å². The molecule has 0 spiro atoms. The van der Waals surface area contributed by atoms with Crippen molar-refractivity contribution in [3.8, 4) is 0 Å². The fraction of sp³-hybridized carbons (Fsp3) is 0.750. The zero-order valence-corrected chi connectivity index (χ0v) is 16.2. The average molecular weight is 375 g/mol. The van der Waals surface area contributed by atoms with Crippen LogP contribution in [0.4, 0.5) is 0 Å². The fourth-order valence-electron chi connectivity index (χ4n) is 5.44. The van der Waals surface area contributed by atoms with E-state index in [4.69, 9.17) is 10.5 Å². The van der Waals surface area contributed by atoms with Gasteiger partial charge in [-0.1, -0.05) is 26.0 Å². The molecule has 6 atom stereocenters. The van der Waals surface area contributed by atoms with Gasteiger partial charge in [0.15, 0.2) is 0 Å². The molecule has 6 unspecified atom stereocenters. The van der Waals surface area contributed by atoms with Crippen molar-refractivity contribution in [2.75, 3.05) is 19.7 Å². The molecule has 0 radical (unpaired) electrons. The first-order valence-corrected chi connectivity index (χ1v) is 9.94. The van der Waals surface area contributed by atoms with Gasteiger partial charge < -0.3 is 15.8 Å². The van der Waals surface area contributed by atoms with E-state index in [1.165, 1.54) is 4.90 Å². The SMILES string of the molecule is CCOC1CC(N)(C(=O)NCCN2C(=O)C3C4C=CC(C4)C3C2=O)C1(C)C. The minimum Gasteiger partial charge on any atom is -0.378 e. The maximum absolute atomic E-state index is 12.7. The highest BCUT2D eigenvalue weighted by Crippen LogP contribution is 2.52. The highest BCUT2D eigenvalue weighted by atomic mass is 16.5. The topological polar surface area (TPSA) is 102 Å². The molecule has 3 N–H and O–H groups in total. The molecule has 27 heavy (non-hydrogen) atoms. The Morgan fingerprint density at radius 3 is 2.37 bits per heavy atom. The monoisotopic (exact) mass is 375 g/mol. The number of imide groups is 1. The van der Waals surface area contributed by atoms with Gasteiger partial charge in [0.25, 0.3) is 0 Å². The molecule has 4 rings (SSSR count). The smallest absolute Gasteiger partial charge is 0.240 e. The normalized spacial score (nSPS) is 41.0. The van der Waals surface area contributed by atoms with Gasteiger partial charge in [0.1, 0.15) is 5.54 Å². The van der Waals surface area contributed by atoms with Crippen molar-refractivity contribution < 1.29 is 19.1 Å². The second-order valence-electron chi connectivity index (χ2n) is 8.93. The van der Waals surface area contributed by atoms with Crippen LogP contribution in [0.5, 0.6) is 0 Å². The first kappa shape index (κ1) is 18.6. The van der Waals surface area contributed by atoms with Gasteiger partial charge in [-0.25, -0.2) is 0 Å². The lowest BCUT2D eigenvalue weighted by molar-refractivity contribution is -0.170. The molecule has 1 saturated heterocycles. The van der Waals surface area contributed by atoms with Crippen LogP contribution in [0.2, 0.25) is 0 Å². The fourth-order valence-corrected chi connectivity index (χ4v) is 5.44.